The molecule has 1 aromatic rings. The summed E-state index contributed by atoms with van der Waals surface area (Å²) in [6, 6.07) is 2.03. The van der Waals surface area contributed by atoms with Crippen LogP contribution < -0.4 is 0 Å². The standard InChI is InChI=1S/C6H6N2O/c1-5(2-7)6-3-8-4-9-6/h3-5H,1H3. The fourth-order valence-electron chi connectivity index (χ4n) is 0.503. The summed E-state index contributed by atoms with van der Waals surface area (Å²) in [5.74, 6) is 0.435. The molecule has 0 aliphatic heterocycles. The molecule has 1 unspecified atom stereocenters. The summed E-state index contributed by atoms with van der Waals surface area (Å²) < 4.78 is 4.85. The van der Waals surface area contributed by atoms with Crippen LogP contribution in [0.2, 0.25) is 0 Å². The lowest BCUT2D eigenvalue weighted by Crippen LogP contribution is -1.83. The zero-order chi connectivity index (χ0) is 6.69. The Hall–Kier alpha value is -1.30. The zero-order valence-electron chi connectivity index (χ0n) is 5.03. The third-order valence-electron chi connectivity index (χ3n) is 1.07. The van der Waals surface area contributed by atoms with Crippen molar-refractivity contribution in [2.75, 3.05) is 0 Å². The molecule has 0 aromatic carbocycles. The van der Waals surface area contributed by atoms with Crippen LogP contribution in [0.4, 0.5) is 0 Å². The number of hydrogen-bond donors (Lipinski definition) is 0. The minimum Gasteiger partial charge on any atom is -0.447 e. The molecule has 0 amide bonds. The van der Waals surface area contributed by atoms with Crippen LogP contribution in [0.5, 0.6) is 0 Å². The highest BCUT2D eigenvalue weighted by Crippen LogP contribution is 2.11. The van der Waals surface area contributed by atoms with Gasteiger partial charge in [-0.25, -0.2) is 4.98 Å². The molecule has 0 radical (unpaired) electrons. The van der Waals surface area contributed by atoms with Gasteiger partial charge in [-0.05, 0) is 6.92 Å². The van der Waals surface area contributed by atoms with E-state index in [2.05, 4.69) is 4.98 Å². The minimum atomic E-state index is -0.188. The fraction of sp³-hybridized carbons (Fsp3) is 0.333. The van der Waals surface area contributed by atoms with Gasteiger partial charge in [0, 0.05) is 0 Å². The van der Waals surface area contributed by atoms with E-state index in [0.717, 1.165) is 0 Å². The second kappa shape index (κ2) is 2.31. The average molecular weight is 122 g/mol. The number of oxazole rings is 1. The van der Waals surface area contributed by atoms with E-state index in [-0.39, 0.29) is 5.92 Å². The maximum absolute atomic E-state index is 8.37. The summed E-state index contributed by atoms with van der Waals surface area (Å²) in [4.78, 5) is 3.67. The van der Waals surface area contributed by atoms with Crippen molar-refractivity contribution in [2.24, 2.45) is 0 Å². The lowest BCUT2D eigenvalue weighted by Gasteiger charge is -1.90. The maximum Gasteiger partial charge on any atom is 0.180 e. The molecular formula is C6H6N2O. The van der Waals surface area contributed by atoms with E-state index in [4.69, 9.17) is 9.68 Å². The Balaban J connectivity index is 2.80. The normalized spacial score (nSPS) is 12.4. The number of hydrogen-bond acceptors (Lipinski definition) is 3. The van der Waals surface area contributed by atoms with Crippen molar-refractivity contribution < 1.29 is 4.42 Å². The molecule has 0 aliphatic rings. The van der Waals surface area contributed by atoms with Gasteiger partial charge < -0.3 is 4.42 Å². The Bertz CT molecular complexity index is 209. The van der Waals surface area contributed by atoms with Crippen LogP contribution in [0.3, 0.4) is 0 Å². The Morgan fingerprint density at radius 2 is 2.67 bits per heavy atom. The summed E-state index contributed by atoms with van der Waals surface area (Å²) in [6.45, 7) is 1.76. The van der Waals surface area contributed by atoms with Gasteiger partial charge in [-0.1, -0.05) is 0 Å². The van der Waals surface area contributed by atoms with Crippen LogP contribution in [0, 0.1) is 11.3 Å². The summed E-state index contributed by atoms with van der Waals surface area (Å²) in [6.07, 6.45) is 2.87. The van der Waals surface area contributed by atoms with Crippen molar-refractivity contribution in [1.82, 2.24) is 4.98 Å². The molecule has 1 rings (SSSR count). The molecular weight excluding hydrogens is 116 g/mol. The average Bonchev–Trinajstić information content (AvgIpc) is 2.37. The van der Waals surface area contributed by atoms with Crippen molar-refractivity contribution in [1.29, 1.82) is 5.26 Å². The van der Waals surface area contributed by atoms with E-state index in [0.29, 0.717) is 5.76 Å². The first-order valence-electron chi connectivity index (χ1n) is 2.62. The van der Waals surface area contributed by atoms with Crippen LogP contribution in [0.15, 0.2) is 17.0 Å². The highest BCUT2D eigenvalue weighted by atomic mass is 16.3. The lowest BCUT2D eigenvalue weighted by molar-refractivity contribution is 0.496. The molecule has 3 heteroatoms. The van der Waals surface area contributed by atoms with Crippen LogP contribution in [-0.4, -0.2) is 4.98 Å². The fourth-order valence-corrected chi connectivity index (χ4v) is 0.503. The molecule has 0 aliphatic carbocycles. The van der Waals surface area contributed by atoms with Gasteiger partial charge in [0.1, 0.15) is 11.7 Å². The van der Waals surface area contributed by atoms with Crippen LogP contribution in [-0.2, 0) is 0 Å². The Kier molecular flexibility index (Phi) is 1.50. The van der Waals surface area contributed by atoms with Gasteiger partial charge in [-0.2, -0.15) is 5.26 Å². The molecule has 0 fully saturated rings. The molecule has 46 valence electrons. The first kappa shape index (κ1) is 5.83. The number of aromatic nitrogens is 1. The van der Waals surface area contributed by atoms with Crippen LogP contribution in [0.1, 0.15) is 18.6 Å². The summed E-state index contributed by atoms with van der Waals surface area (Å²) in [7, 11) is 0. The number of nitriles is 1. The lowest BCUT2D eigenvalue weighted by atomic mass is 10.2. The van der Waals surface area contributed by atoms with Gasteiger partial charge >= 0.3 is 0 Å². The molecule has 9 heavy (non-hydrogen) atoms. The van der Waals surface area contributed by atoms with Gasteiger partial charge in [-0.3, -0.25) is 0 Å². The zero-order valence-corrected chi connectivity index (χ0v) is 5.03. The van der Waals surface area contributed by atoms with E-state index in [1.807, 2.05) is 6.07 Å². The third kappa shape index (κ3) is 1.08. The highest BCUT2D eigenvalue weighted by Gasteiger charge is 2.05. The van der Waals surface area contributed by atoms with E-state index in [9.17, 15) is 0 Å². The monoisotopic (exact) mass is 122 g/mol. The van der Waals surface area contributed by atoms with E-state index in [1.165, 1.54) is 6.39 Å². The molecule has 1 aromatic heterocycles. The molecule has 0 N–H and O–H groups in total. The number of rotatable bonds is 1. The summed E-state index contributed by atoms with van der Waals surface area (Å²) in [5.41, 5.74) is 0. The molecule has 0 spiro atoms. The van der Waals surface area contributed by atoms with Crippen LogP contribution in [0.25, 0.3) is 0 Å². The van der Waals surface area contributed by atoms with Gasteiger partial charge in [-0.15, -0.1) is 0 Å². The Morgan fingerprint density at radius 3 is 3.11 bits per heavy atom. The molecule has 1 heterocycles. The van der Waals surface area contributed by atoms with Crippen molar-refractivity contribution >= 4 is 0 Å². The third-order valence-corrected chi connectivity index (χ3v) is 1.07. The summed E-state index contributed by atoms with van der Waals surface area (Å²) in [5, 5.41) is 8.37. The largest absolute Gasteiger partial charge is 0.447 e. The molecule has 0 saturated heterocycles. The van der Waals surface area contributed by atoms with Crippen molar-refractivity contribution in [3.8, 4) is 6.07 Å². The van der Waals surface area contributed by atoms with Gasteiger partial charge in [0.25, 0.3) is 0 Å². The Labute approximate surface area is 52.9 Å². The van der Waals surface area contributed by atoms with Gasteiger partial charge in [0.05, 0.1) is 12.3 Å². The van der Waals surface area contributed by atoms with Crippen molar-refractivity contribution in [3.05, 3.63) is 18.4 Å². The maximum atomic E-state index is 8.37. The van der Waals surface area contributed by atoms with Crippen molar-refractivity contribution in [2.45, 2.75) is 12.8 Å². The quantitative estimate of drug-likeness (QED) is 0.564. The first-order chi connectivity index (χ1) is 4.34. The predicted octanol–water partition coefficient (Wildman–Crippen LogP) is 1.30. The second-order valence-electron chi connectivity index (χ2n) is 1.75. The second-order valence-corrected chi connectivity index (χ2v) is 1.75. The molecule has 3 nitrogen and oxygen atoms in total. The molecule has 1 atom stereocenters. The predicted molar refractivity (Wildman–Crippen MR) is 30.5 cm³/mol. The van der Waals surface area contributed by atoms with Gasteiger partial charge in [0.2, 0.25) is 0 Å². The van der Waals surface area contributed by atoms with E-state index >= 15 is 0 Å². The van der Waals surface area contributed by atoms with E-state index in [1.54, 1.807) is 13.1 Å². The van der Waals surface area contributed by atoms with Gasteiger partial charge in [0.15, 0.2) is 6.39 Å². The van der Waals surface area contributed by atoms with E-state index < -0.39 is 0 Å². The molecule has 0 saturated carbocycles. The SMILES string of the molecule is CC(C#N)c1cnco1. The topological polar surface area (TPSA) is 49.8 Å². The smallest absolute Gasteiger partial charge is 0.180 e. The molecule has 0 bridgehead atoms. The Morgan fingerprint density at radius 1 is 1.89 bits per heavy atom. The minimum absolute atomic E-state index is 0.188. The van der Waals surface area contributed by atoms with Crippen molar-refractivity contribution in [3.63, 3.8) is 0 Å². The van der Waals surface area contributed by atoms with Crippen LogP contribution >= 0.6 is 0 Å². The summed E-state index contributed by atoms with van der Waals surface area (Å²) >= 11 is 0. The number of nitrogens with zero attached hydrogens (tertiary/aromatic N) is 2. The first-order valence-corrected chi connectivity index (χ1v) is 2.62. The highest BCUT2D eigenvalue weighted by molar-refractivity contribution is 5.06.